The second-order valence-corrected chi connectivity index (χ2v) is 10.3. The molecular weight excluding hydrogens is 460 g/mol. The van der Waals surface area contributed by atoms with Gasteiger partial charge in [-0.3, -0.25) is 9.36 Å². The Hall–Kier alpha value is -2.69. The van der Waals surface area contributed by atoms with Crippen LogP contribution in [0.4, 0.5) is 0 Å². The first-order valence-corrected chi connectivity index (χ1v) is 13.1. The average Bonchev–Trinajstić information content (AvgIpc) is 3.22. The normalized spacial score (nSPS) is 11.8. The maximum Gasteiger partial charge on any atom is 0.316 e. The number of carbonyl (C=O) groups excluding carboxylic acids is 1. The summed E-state index contributed by atoms with van der Waals surface area (Å²) in [5.74, 6) is 0.225. The van der Waals surface area contributed by atoms with E-state index in [-0.39, 0.29) is 22.7 Å². The Morgan fingerprint density at radius 3 is 2.39 bits per heavy atom. The van der Waals surface area contributed by atoms with E-state index in [0.29, 0.717) is 29.6 Å². The van der Waals surface area contributed by atoms with E-state index in [4.69, 9.17) is 4.74 Å². The summed E-state index contributed by atoms with van der Waals surface area (Å²) in [5.41, 5.74) is 1.41. The zero-order valence-corrected chi connectivity index (χ0v) is 20.8. The van der Waals surface area contributed by atoms with Crippen LogP contribution in [0.15, 0.2) is 64.6 Å². The Kier molecular flexibility index (Phi) is 8.28. The third kappa shape index (κ3) is 5.82. The predicted octanol–water partition coefficient (Wildman–Crippen LogP) is 4.01. The summed E-state index contributed by atoms with van der Waals surface area (Å²) >= 11 is 1.22. The van der Waals surface area contributed by atoms with Gasteiger partial charge in [0.1, 0.15) is 0 Å². The molecule has 0 aliphatic heterocycles. The minimum atomic E-state index is -3.63. The van der Waals surface area contributed by atoms with E-state index in [0.717, 1.165) is 5.69 Å². The number of para-hydroxylation sites is 1. The van der Waals surface area contributed by atoms with Crippen molar-refractivity contribution in [2.75, 3.05) is 18.8 Å². The molecule has 0 saturated carbocycles. The van der Waals surface area contributed by atoms with Crippen LogP contribution < -0.4 is 0 Å². The summed E-state index contributed by atoms with van der Waals surface area (Å²) in [5, 5.41) is 9.14. The highest BCUT2D eigenvalue weighted by molar-refractivity contribution is 7.99. The number of benzene rings is 2. The maximum atomic E-state index is 13.0. The summed E-state index contributed by atoms with van der Waals surface area (Å²) in [6.45, 7) is 7.99. The van der Waals surface area contributed by atoms with Gasteiger partial charge >= 0.3 is 5.97 Å². The molecule has 3 rings (SSSR count). The number of rotatable bonds is 10. The van der Waals surface area contributed by atoms with Gasteiger partial charge in [-0.15, -0.1) is 10.2 Å². The van der Waals surface area contributed by atoms with Crippen LogP contribution in [-0.2, 0) is 19.6 Å². The van der Waals surface area contributed by atoms with Gasteiger partial charge in [0, 0.05) is 24.3 Å². The number of hydrogen-bond acceptors (Lipinski definition) is 7. The molecule has 0 aliphatic rings. The zero-order valence-electron chi connectivity index (χ0n) is 19.1. The molecule has 8 nitrogen and oxygen atoms in total. The molecular formula is C23H28N4O4S2. The molecule has 0 unspecified atom stereocenters. The summed E-state index contributed by atoms with van der Waals surface area (Å²) in [4.78, 5) is 12.3. The summed E-state index contributed by atoms with van der Waals surface area (Å²) in [7, 11) is -3.63. The molecule has 176 valence electrons. The van der Waals surface area contributed by atoms with Crippen molar-refractivity contribution in [3.63, 3.8) is 0 Å². The molecule has 2 aromatic carbocycles. The second kappa shape index (κ2) is 11.0. The number of nitrogens with zero attached hydrogens (tertiary/aromatic N) is 4. The van der Waals surface area contributed by atoms with Crippen LogP contribution in [0.25, 0.3) is 17.1 Å². The van der Waals surface area contributed by atoms with Gasteiger partial charge in [0.2, 0.25) is 10.0 Å². The Bertz CT molecular complexity index is 1190. The number of esters is 1. The molecule has 0 aliphatic carbocycles. The fraction of sp³-hybridized carbons (Fsp3) is 0.348. The Morgan fingerprint density at radius 1 is 1.06 bits per heavy atom. The number of carbonyl (C=O) groups is 1. The molecule has 0 N–H and O–H groups in total. The first-order valence-electron chi connectivity index (χ1n) is 10.7. The fourth-order valence-electron chi connectivity index (χ4n) is 3.29. The van der Waals surface area contributed by atoms with Gasteiger partial charge in [-0.05, 0) is 38.1 Å². The first-order chi connectivity index (χ1) is 15.8. The molecule has 1 aromatic heterocycles. The van der Waals surface area contributed by atoms with Gasteiger partial charge in [-0.1, -0.05) is 55.9 Å². The summed E-state index contributed by atoms with van der Waals surface area (Å²) in [6.07, 6.45) is -0.198. The van der Waals surface area contributed by atoms with Crippen LogP contribution >= 0.6 is 11.8 Å². The molecule has 0 radical (unpaired) electrons. The highest BCUT2D eigenvalue weighted by Gasteiger charge is 2.24. The fourth-order valence-corrected chi connectivity index (χ4v) is 5.53. The largest absolute Gasteiger partial charge is 0.462 e. The van der Waals surface area contributed by atoms with Gasteiger partial charge in [-0.25, -0.2) is 8.42 Å². The first kappa shape index (κ1) is 24.9. The van der Waals surface area contributed by atoms with E-state index in [1.165, 1.54) is 16.1 Å². The van der Waals surface area contributed by atoms with Crippen molar-refractivity contribution in [1.29, 1.82) is 0 Å². The molecule has 3 aromatic rings. The summed E-state index contributed by atoms with van der Waals surface area (Å²) in [6, 6.07) is 16.2. The Labute approximate surface area is 199 Å². The van der Waals surface area contributed by atoms with Crippen LogP contribution in [0, 0.1) is 0 Å². The molecule has 0 fully saturated rings. The molecule has 0 spiro atoms. The van der Waals surface area contributed by atoms with Crippen molar-refractivity contribution in [2.45, 2.75) is 43.9 Å². The number of ether oxygens (including phenoxy) is 1. The topological polar surface area (TPSA) is 94.4 Å². The van der Waals surface area contributed by atoms with Gasteiger partial charge in [-0.2, -0.15) is 4.31 Å². The quantitative estimate of drug-likeness (QED) is 0.314. The van der Waals surface area contributed by atoms with Crippen LogP contribution in [0.5, 0.6) is 0 Å². The van der Waals surface area contributed by atoms with E-state index in [9.17, 15) is 13.2 Å². The smallest absolute Gasteiger partial charge is 0.316 e. The zero-order chi connectivity index (χ0) is 24.0. The lowest BCUT2D eigenvalue weighted by molar-refractivity contribution is -0.144. The third-order valence-corrected chi connectivity index (χ3v) is 7.72. The predicted molar refractivity (Wildman–Crippen MR) is 129 cm³/mol. The van der Waals surface area contributed by atoms with Crippen molar-refractivity contribution in [3.05, 3.63) is 54.6 Å². The van der Waals surface area contributed by atoms with Gasteiger partial charge in [0.25, 0.3) is 0 Å². The van der Waals surface area contributed by atoms with Crippen LogP contribution in [-0.4, -0.2) is 58.4 Å². The van der Waals surface area contributed by atoms with E-state index in [1.807, 2.05) is 48.7 Å². The monoisotopic (exact) mass is 488 g/mol. The third-order valence-electron chi connectivity index (χ3n) is 4.77. The van der Waals surface area contributed by atoms with Crippen molar-refractivity contribution in [3.8, 4) is 17.1 Å². The molecule has 0 bridgehead atoms. The van der Waals surface area contributed by atoms with Crippen LogP contribution in [0.1, 0.15) is 27.7 Å². The molecule has 0 amide bonds. The lowest BCUT2D eigenvalue weighted by Gasteiger charge is -2.19. The van der Waals surface area contributed by atoms with Crippen molar-refractivity contribution < 1.29 is 17.9 Å². The maximum absolute atomic E-state index is 13.0. The number of hydrogen-bond donors (Lipinski definition) is 0. The average molecular weight is 489 g/mol. The molecule has 0 saturated heterocycles. The highest BCUT2D eigenvalue weighted by Crippen LogP contribution is 2.30. The van der Waals surface area contributed by atoms with Gasteiger partial charge < -0.3 is 4.74 Å². The Balaban J connectivity index is 2.04. The minimum Gasteiger partial charge on any atom is -0.462 e. The SMILES string of the molecule is CCN(CC)S(=O)(=O)c1cccc(-c2nnc(SCC(=O)OC(C)C)n2-c2ccccc2)c1. The lowest BCUT2D eigenvalue weighted by atomic mass is 10.2. The number of sulfonamides is 1. The second-order valence-electron chi connectivity index (χ2n) is 7.42. The van der Waals surface area contributed by atoms with E-state index >= 15 is 0 Å². The summed E-state index contributed by atoms with van der Waals surface area (Å²) < 4.78 is 34.5. The number of aromatic nitrogens is 3. The minimum absolute atomic E-state index is 0.0829. The van der Waals surface area contributed by atoms with Crippen molar-refractivity contribution in [1.82, 2.24) is 19.1 Å². The lowest BCUT2D eigenvalue weighted by Crippen LogP contribution is -2.30. The van der Waals surface area contributed by atoms with Crippen LogP contribution in [0.3, 0.4) is 0 Å². The Morgan fingerprint density at radius 2 is 1.76 bits per heavy atom. The molecule has 10 heteroatoms. The van der Waals surface area contributed by atoms with Gasteiger partial charge in [0.15, 0.2) is 11.0 Å². The highest BCUT2D eigenvalue weighted by atomic mass is 32.2. The van der Waals surface area contributed by atoms with Gasteiger partial charge in [0.05, 0.1) is 16.8 Å². The van der Waals surface area contributed by atoms with Crippen molar-refractivity contribution in [2.24, 2.45) is 0 Å². The number of thioether (sulfide) groups is 1. The van der Waals surface area contributed by atoms with Crippen LogP contribution in [0.2, 0.25) is 0 Å². The standard InChI is InChI=1S/C23H28N4O4S2/c1-5-26(6-2)33(29,30)20-14-10-11-18(15-20)22-24-25-23(32-16-21(28)31-17(3)4)27(22)19-12-8-7-9-13-19/h7-15,17H,5-6,16H2,1-4H3. The van der Waals surface area contributed by atoms with Crippen molar-refractivity contribution >= 4 is 27.8 Å². The van der Waals surface area contributed by atoms with E-state index < -0.39 is 10.0 Å². The molecule has 1 heterocycles. The van der Waals surface area contributed by atoms with E-state index in [2.05, 4.69) is 10.2 Å². The van der Waals surface area contributed by atoms with E-state index in [1.54, 1.807) is 38.1 Å². The molecule has 33 heavy (non-hydrogen) atoms. The molecule has 0 atom stereocenters.